The number of nitrogens with one attached hydrogen (secondary N) is 2. The number of hydrogen-bond donors (Lipinski definition) is 4. The summed E-state index contributed by atoms with van der Waals surface area (Å²) < 4.78 is 21.4. The van der Waals surface area contributed by atoms with E-state index in [9.17, 15) is 24.0 Å². The van der Waals surface area contributed by atoms with Crippen LogP contribution in [0.5, 0.6) is 0 Å². The molecule has 0 spiro atoms. The fourth-order valence-corrected chi connectivity index (χ4v) is 3.27. The van der Waals surface area contributed by atoms with Crippen LogP contribution in [0.3, 0.4) is 0 Å². The maximum absolute atomic E-state index is 11.8. The second-order valence-electron chi connectivity index (χ2n) is 8.71. The Morgan fingerprint density at radius 3 is 1.69 bits per heavy atom. The first-order valence-electron chi connectivity index (χ1n) is 13.5. The number of carbonyl (C=O) groups excluding carboxylic acids is 3. The number of unbranched alkanes of at least 4 members (excludes halogenated alkanes) is 5. The zero-order chi connectivity index (χ0) is 29.0. The molecule has 0 aliphatic heterocycles. The van der Waals surface area contributed by atoms with Crippen molar-refractivity contribution in [3.63, 3.8) is 0 Å². The number of hydrogen-bond acceptors (Lipinski definition) is 9. The Labute approximate surface area is 230 Å². The summed E-state index contributed by atoms with van der Waals surface area (Å²) in [6, 6.07) is -1.12. The lowest BCUT2D eigenvalue weighted by Gasteiger charge is -2.13. The van der Waals surface area contributed by atoms with Crippen molar-refractivity contribution in [1.29, 1.82) is 0 Å². The maximum atomic E-state index is 11.8. The van der Waals surface area contributed by atoms with Crippen molar-refractivity contribution in [2.75, 3.05) is 59.4 Å². The molecule has 0 aliphatic carbocycles. The van der Waals surface area contributed by atoms with Crippen LogP contribution >= 0.6 is 0 Å². The van der Waals surface area contributed by atoms with Crippen molar-refractivity contribution in [2.24, 2.45) is 0 Å². The molecule has 13 heteroatoms. The topological polar surface area (TPSA) is 187 Å². The normalized spacial score (nSPS) is 11.6. The average Bonchev–Trinajstić information content (AvgIpc) is 2.89. The van der Waals surface area contributed by atoms with Gasteiger partial charge in [0.15, 0.2) is 6.29 Å². The number of aliphatic carboxylic acids is 2. The van der Waals surface area contributed by atoms with E-state index >= 15 is 0 Å². The van der Waals surface area contributed by atoms with Crippen molar-refractivity contribution < 1.29 is 53.1 Å². The van der Waals surface area contributed by atoms with E-state index in [1.165, 1.54) is 0 Å². The zero-order valence-electron chi connectivity index (χ0n) is 22.8. The number of carbonyl (C=O) groups is 4. The van der Waals surface area contributed by atoms with Crippen molar-refractivity contribution in [2.45, 2.75) is 76.7 Å². The van der Waals surface area contributed by atoms with Gasteiger partial charge in [-0.3, -0.25) is 19.2 Å². The van der Waals surface area contributed by atoms with Gasteiger partial charge >= 0.3 is 11.9 Å². The van der Waals surface area contributed by atoms with E-state index in [-0.39, 0.29) is 44.8 Å². The van der Waals surface area contributed by atoms with Crippen LogP contribution < -0.4 is 10.6 Å². The second-order valence-corrected chi connectivity index (χ2v) is 8.71. The van der Waals surface area contributed by atoms with E-state index < -0.39 is 23.9 Å². The summed E-state index contributed by atoms with van der Waals surface area (Å²) >= 11 is 0. The minimum Gasteiger partial charge on any atom is -0.481 e. The highest BCUT2D eigenvalue weighted by molar-refractivity contribution is 5.83. The molecule has 1 radical (unpaired) electrons. The van der Waals surface area contributed by atoms with Crippen molar-refractivity contribution in [1.82, 2.24) is 10.6 Å². The molecule has 0 saturated carbocycles. The van der Waals surface area contributed by atoms with Gasteiger partial charge in [0.05, 0.1) is 52.9 Å². The van der Waals surface area contributed by atoms with Crippen LogP contribution in [0.15, 0.2) is 0 Å². The molecule has 0 unspecified atom stereocenters. The van der Waals surface area contributed by atoms with Gasteiger partial charge in [-0.25, -0.2) is 4.79 Å². The molecule has 0 saturated heterocycles. The van der Waals surface area contributed by atoms with Crippen LogP contribution in [0.2, 0.25) is 0 Å². The first kappa shape index (κ1) is 36.4. The maximum Gasteiger partial charge on any atom is 0.326 e. The second kappa shape index (κ2) is 27.0. The van der Waals surface area contributed by atoms with E-state index in [0.717, 1.165) is 32.1 Å². The molecule has 13 nitrogen and oxygen atoms in total. The standard InChI is InChI=1S/C26H45N2O11/c29-13-7-8-22(26(34)35)28-24(31)11-14-36-16-18-38-20-21-39-19-17-37-15-12-27-23(30)9-5-3-1-2-4-6-10-25(32)33/h22H,1-12,14-21H2,(H,27,30)(H,28,31)(H,32,33)(H,34,35)/t22-/m0/s1. The highest BCUT2D eigenvalue weighted by atomic mass is 16.6. The van der Waals surface area contributed by atoms with Gasteiger partial charge in [0, 0.05) is 32.2 Å². The first-order valence-corrected chi connectivity index (χ1v) is 13.5. The largest absolute Gasteiger partial charge is 0.481 e. The molecule has 225 valence electrons. The Bertz CT molecular complexity index is 676. The SMILES string of the molecule is O=[C]CC[C@H](NC(=O)CCOCCOCCOCCOCCNC(=O)CCCCCCCCC(=O)O)C(=O)O. The van der Waals surface area contributed by atoms with E-state index in [4.69, 9.17) is 29.2 Å². The number of carboxylic acids is 2. The predicted molar refractivity (Wildman–Crippen MR) is 140 cm³/mol. The molecule has 0 heterocycles. The molecule has 4 N–H and O–H groups in total. The van der Waals surface area contributed by atoms with Crippen LogP contribution in [-0.4, -0.2) is 106 Å². The summed E-state index contributed by atoms with van der Waals surface area (Å²) in [4.78, 5) is 55.1. The smallest absolute Gasteiger partial charge is 0.326 e. The molecule has 1 atom stereocenters. The molecule has 0 aromatic rings. The zero-order valence-corrected chi connectivity index (χ0v) is 22.8. The van der Waals surface area contributed by atoms with Gasteiger partial charge in [-0.05, 0) is 19.3 Å². The summed E-state index contributed by atoms with van der Waals surface area (Å²) in [6.07, 6.45) is 7.65. The predicted octanol–water partition coefficient (Wildman–Crippen LogP) is 1.22. The molecule has 0 aromatic heterocycles. The average molecular weight is 562 g/mol. The highest BCUT2D eigenvalue weighted by Gasteiger charge is 2.19. The third kappa shape index (κ3) is 26.8. The Kier molecular flexibility index (Phi) is 25.2. The first-order chi connectivity index (χ1) is 18.9. The van der Waals surface area contributed by atoms with Crippen LogP contribution in [0.4, 0.5) is 0 Å². The van der Waals surface area contributed by atoms with Crippen LogP contribution in [0.25, 0.3) is 0 Å². The molecule has 2 amide bonds. The number of amides is 2. The molecule has 0 aromatic carbocycles. The number of ether oxygens (including phenoxy) is 4. The molecular formula is C26H45N2O11. The minimum absolute atomic E-state index is 0.000193. The van der Waals surface area contributed by atoms with Gasteiger partial charge in [0.25, 0.3) is 0 Å². The van der Waals surface area contributed by atoms with Crippen molar-refractivity contribution in [3.8, 4) is 0 Å². The quantitative estimate of drug-likeness (QED) is 0.0962. The molecule has 0 fully saturated rings. The van der Waals surface area contributed by atoms with Crippen LogP contribution in [-0.2, 0) is 42.9 Å². The van der Waals surface area contributed by atoms with Crippen LogP contribution in [0.1, 0.15) is 70.6 Å². The van der Waals surface area contributed by atoms with Gasteiger partial charge in [-0.1, -0.05) is 25.7 Å². The minimum atomic E-state index is -1.20. The van der Waals surface area contributed by atoms with Gasteiger partial charge in [-0.15, -0.1) is 0 Å². The Balaban J connectivity index is 3.36. The van der Waals surface area contributed by atoms with E-state index in [1.54, 1.807) is 6.29 Å². The summed E-state index contributed by atoms with van der Waals surface area (Å²) in [5.41, 5.74) is 0. The van der Waals surface area contributed by atoms with Crippen LogP contribution in [0, 0.1) is 0 Å². The lowest BCUT2D eigenvalue weighted by Crippen LogP contribution is -2.41. The summed E-state index contributed by atoms with van der Waals surface area (Å²) in [6.45, 7) is 3.12. The number of rotatable bonds is 29. The van der Waals surface area contributed by atoms with Crippen molar-refractivity contribution >= 4 is 30.0 Å². The Morgan fingerprint density at radius 2 is 1.15 bits per heavy atom. The van der Waals surface area contributed by atoms with Crippen molar-refractivity contribution in [3.05, 3.63) is 0 Å². The summed E-state index contributed by atoms with van der Waals surface area (Å²) in [5, 5.41) is 22.7. The Hall–Kier alpha value is -2.61. The van der Waals surface area contributed by atoms with Gasteiger partial charge in [0.1, 0.15) is 6.04 Å². The lowest BCUT2D eigenvalue weighted by molar-refractivity contribution is -0.142. The highest BCUT2D eigenvalue weighted by Crippen LogP contribution is 2.08. The van der Waals surface area contributed by atoms with Gasteiger partial charge in [-0.2, -0.15) is 0 Å². The fourth-order valence-electron chi connectivity index (χ4n) is 3.27. The third-order valence-electron chi connectivity index (χ3n) is 5.37. The Morgan fingerprint density at radius 1 is 0.641 bits per heavy atom. The summed E-state index contributed by atoms with van der Waals surface area (Å²) in [7, 11) is 0. The molecule has 0 rings (SSSR count). The monoisotopic (exact) mass is 561 g/mol. The van der Waals surface area contributed by atoms with E-state index in [0.29, 0.717) is 59.0 Å². The fraction of sp³-hybridized carbons (Fsp3) is 0.808. The van der Waals surface area contributed by atoms with E-state index in [2.05, 4.69) is 10.6 Å². The molecule has 0 bridgehead atoms. The third-order valence-corrected chi connectivity index (χ3v) is 5.37. The molecule has 39 heavy (non-hydrogen) atoms. The van der Waals surface area contributed by atoms with E-state index in [1.807, 2.05) is 0 Å². The number of carboxylic acid groups (broad SMARTS) is 2. The van der Waals surface area contributed by atoms with Gasteiger partial charge in [0.2, 0.25) is 11.8 Å². The molecule has 0 aliphatic rings. The summed E-state index contributed by atoms with van der Waals surface area (Å²) in [5.74, 6) is -2.42. The molecular weight excluding hydrogens is 516 g/mol. The lowest BCUT2D eigenvalue weighted by atomic mass is 10.1. The van der Waals surface area contributed by atoms with Gasteiger partial charge < -0.3 is 39.8 Å².